The molecule has 7 rings (SSSR count). The second-order valence-corrected chi connectivity index (χ2v) is 12.7. The molecule has 2 heterocycles. The molecule has 5 N–H and O–H groups in total. The van der Waals surface area contributed by atoms with Gasteiger partial charge in [-0.2, -0.15) is 10.2 Å². The van der Waals surface area contributed by atoms with Crippen molar-refractivity contribution in [2.45, 2.75) is 63.6 Å². The summed E-state index contributed by atoms with van der Waals surface area (Å²) in [6.45, 7) is 3.68. The quantitative estimate of drug-likeness (QED) is 0.297. The number of amides is 1. The first-order valence-corrected chi connectivity index (χ1v) is 15.1. The fraction of sp³-hybridized carbons (Fsp3) is 0.600. The number of aromatic nitrogens is 2. The number of nitrogens with zero attached hydrogens (tertiary/aromatic N) is 3. The van der Waals surface area contributed by atoms with Crippen LogP contribution < -0.4 is 26.6 Å². The highest BCUT2D eigenvalue weighted by atomic mass is 35.5. The van der Waals surface area contributed by atoms with Crippen molar-refractivity contribution in [1.29, 1.82) is 5.26 Å². The number of piperidine rings is 1. The van der Waals surface area contributed by atoms with Crippen molar-refractivity contribution in [1.82, 2.24) is 25.9 Å². The molecule has 1 amide bonds. The van der Waals surface area contributed by atoms with Crippen LogP contribution in [0.4, 0.5) is 11.8 Å². The van der Waals surface area contributed by atoms with Crippen LogP contribution in [0.25, 0.3) is 0 Å². The van der Waals surface area contributed by atoms with E-state index in [1.807, 2.05) is 24.3 Å². The summed E-state index contributed by atoms with van der Waals surface area (Å²) in [5, 5.41) is 27.4. The van der Waals surface area contributed by atoms with Gasteiger partial charge >= 0.3 is 0 Å². The molecular formula is C30H39ClN8O. The van der Waals surface area contributed by atoms with Crippen molar-refractivity contribution < 1.29 is 4.79 Å². The van der Waals surface area contributed by atoms with E-state index >= 15 is 0 Å². The van der Waals surface area contributed by atoms with Gasteiger partial charge in [0.05, 0.1) is 12.7 Å². The third-order valence-corrected chi connectivity index (χ3v) is 9.91. The predicted molar refractivity (Wildman–Crippen MR) is 156 cm³/mol. The van der Waals surface area contributed by atoms with E-state index in [-0.39, 0.29) is 11.3 Å². The first-order valence-electron chi connectivity index (χ1n) is 14.7. The van der Waals surface area contributed by atoms with Crippen LogP contribution in [-0.4, -0.2) is 54.1 Å². The normalized spacial score (nSPS) is 29.1. The Balaban J connectivity index is 1.06. The van der Waals surface area contributed by atoms with E-state index in [0.29, 0.717) is 59.4 Å². The Labute approximate surface area is 241 Å². The van der Waals surface area contributed by atoms with Gasteiger partial charge in [-0.05, 0) is 92.8 Å². The summed E-state index contributed by atoms with van der Waals surface area (Å²) < 4.78 is 0. The van der Waals surface area contributed by atoms with E-state index in [0.717, 1.165) is 56.8 Å². The molecule has 1 aromatic carbocycles. The largest absolute Gasteiger partial charge is 0.368 e. The fourth-order valence-corrected chi connectivity index (χ4v) is 8.17. The van der Waals surface area contributed by atoms with Gasteiger partial charge in [0, 0.05) is 30.2 Å². The Morgan fingerprint density at radius 2 is 1.90 bits per heavy atom. The maximum atomic E-state index is 12.6. The molecule has 4 aliphatic carbocycles. The molecule has 4 bridgehead atoms. The van der Waals surface area contributed by atoms with Gasteiger partial charge in [0.2, 0.25) is 11.9 Å². The zero-order chi connectivity index (χ0) is 27.5. The zero-order valence-electron chi connectivity index (χ0n) is 22.9. The minimum atomic E-state index is 0.129. The molecule has 9 nitrogen and oxygen atoms in total. The SMILES string of the molecule is N#Cc1cnc(NCc2ccccc2Cl)nc1NC[C@]12CC3C[C@H](C1)[C@@H](NCC(=O)NC1CCNCC1)[C@@H](C3)C2. The molecule has 5 atom stereocenters. The second kappa shape index (κ2) is 11.9. The van der Waals surface area contributed by atoms with Crippen molar-refractivity contribution >= 4 is 29.3 Å². The smallest absolute Gasteiger partial charge is 0.234 e. The lowest BCUT2D eigenvalue weighted by Gasteiger charge is -2.60. The first kappa shape index (κ1) is 27.3. The van der Waals surface area contributed by atoms with E-state index < -0.39 is 0 Å². The van der Waals surface area contributed by atoms with Crippen molar-refractivity contribution in [3.05, 3.63) is 46.6 Å². The van der Waals surface area contributed by atoms with Gasteiger partial charge in [-0.15, -0.1) is 0 Å². The third kappa shape index (κ3) is 6.04. The van der Waals surface area contributed by atoms with Crippen LogP contribution in [0.1, 0.15) is 56.1 Å². The van der Waals surface area contributed by atoms with Crippen molar-refractivity contribution in [3.8, 4) is 6.07 Å². The number of nitrogens with one attached hydrogen (secondary N) is 5. The number of carbonyl (C=O) groups is 1. The maximum absolute atomic E-state index is 12.6. The molecule has 2 aromatic rings. The van der Waals surface area contributed by atoms with Crippen LogP contribution in [0.2, 0.25) is 5.02 Å². The Morgan fingerprint density at radius 1 is 1.12 bits per heavy atom. The fourth-order valence-electron chi connectivity index (χ4n) is 7.97. The van der Waals surface area contributed by atoms with Crippen LogP contribution >= 0.6 is 11.6 Å². The molecule has 5 fully saturated rings. The minimum absolute atomic E-state index is 0.129. The number of anilines is 2. The summed E-state index contributed by atoms with van der Waals surface area (Å²) in [6, 6.07) is 10.6. The summed E-state index contributed by atoms with van der Waals surface area (Å²) in [7, 11) is 0. The van der Waals surface area contributed by atoms with E-state index in [1.165, 1.54) is 19.3 Å². The first-order chi connectivity index (χ1) is 19.5. The minimum Gasteiger partial charge on any atom is -0.368 e. The number of benzene rings is 1. The number of hydrogen-bond donors (Lipinski definition) is 5. The van der Waals surface area contributed by atoms with E-state index in [1.54, 1.807) is 6.20 Å². The monoisotopic (exact) mass is 562 g/mol. The highest BCUT2D eigenvalue weighted by Crippen LogP contribution is 2.60. The lowest BCUT2D eigenvalue weighted by molar-refractivity contribution is -0.122. The van der Waals surface area contributed by atoms with Crippen LogP contribution in [0.3, 0.4) is 0 Å². The summed E-state index contributed by atoms with van der Waals surface area (Å²) >= 11 is 6.29. The topological polar surface area (TPSA) is 127 Å². The number of rotatable bonds is 10. The van der Waals surface area contributed by atoms with Crippen molar-refractivity contribution in [3.63, 3.8) is 0 Å². The lowest BCUT2D eigenvalue weighted by atomic mass is 9.48. The van der Waals surface area contributed by atoms with E-state index in [9.17, 15) is 10.1 Å². The molecule has 0 spiro atoms. The van der Waals surface area contributed by atoms with Crippen LogP contribution in [0.15, 0.2) is 30.5 Å². The zero-order valence-corrected chi connectivity index (χ0v) is 23.6. The van der Waals surface area contributed by atoms with Gasteiger partial charge in [0.1, 0.15) is 17.5 Å². The molecule has 40 heavy (non-hydrogen) atoms. The number of hydrogen-bond acceptors (Lipinski definition) is 8. The average Bonchev–Trinajstić information content (AvgIpc) is 2.95. The standard InChI is InChI=1S/C30H39ClN8O/c31-25-4-2-1-3-20(25)15-35-29-36-16-23(14-32)28(39-29)37-18-30-11-19-9-21(12-30)27(22(10-19)13-30)34-17-26(40)38-24-5-7-33-8-6-24/h1-4,16,19,21-22,24,27,33-34H,5-13,15,17-18H2,(H,38,40)(H2,35,36,37,39)/t19?,21-,22+,27-,30-. The molecule has 10 heteroatoms. The maximum Gasteiger partial charge on any atom is 0.234 e. The summed E-state index contributed by atoms with van der Waals surface area (Å²) in [5.41, 5.74) is 1.62. The Morgan fingerprint density at radius 3 is 2.65 bits per heavy atom. The van der Waals surface area contributed by atoms with E-state index in [4.69, 9.17) is 11.6 Å². The lowest BCUT2D eigenvalue weighted by Crippen LogP contribution is -2.60. The second-order valence-electron chi connectivity index (χ2n) is 12.3. The number of halogens is 1. The summed E-state index contributed by atoms with van der Waals surface area (Å²) in [4.78, 5) is 21.6. The number of carbonyl (C=O) groups excluding carboxylic acids is 1. The molecule has 1 saturated heterocycles. The highest BCUT2D eigenvalue weighted by molar-refractivity contribution is 6.31. The highest BCUT2D eigenvalue weighted by Gasteiger charge is 2.55. The van der Waals surface area contributed by atoms with Gasteiger partial charge in [-0.1, -0.05) is 29.8 Å². The molecule has 212 valence electrons. The van der Waals surface area contributed by atoms with E-state index in [2.05, 4.69) is 42.6 Å². The Hall–Kier alpha value is -2.93. The van der Waals surface area contributed by atoms with Crippen LogP contribution in [0.5, 0.6) is 0 Å². The molecule has 1 aliphatic heterocycles. The van der Waals surface area contributed by atoms with Crippen LogP contribution in [-0.2, 0) is 11.3 Å². The average molecular weight is 563 g/mol. The van der Waals surface area contributed by atoms with Crippen LogP contribution in [0, 0.1) is 34.5 Å². The van der Waals surface area contributed by atoms with Gasteiger partial charge < -0.3 is 26.6 Å². The Bertz CT molecular complexity index is 1240. The third-order valence-electron chi connectivity index (χ3n) is 9.54. The van der Waals surface area contributed by atoms with Gasteiger partial charge in [0.25, 0.3) is 0 Å². The molecule has 1 aromatic heterocycles. The van der Waals surface area contributed by atoms with Gasteiger partial charge in [0.15, 0.2) is 0 Å². The molecule has 4 saturated carbocycles. The Kier molecular flexibility index (Phi) is 8.10. The molecule has 1 unspecified atom stereocenters. The molecule has 0 radical (unpaired) electrons. The summed E-state index contributed by atoms with van der Waals surface area (Å²) in [5.74, 6) is 3.11. The van der Waals surface area contributed by atoms with Crippen molar-refractivity contribution in [2.75, 3.05) is 36.8 Å². The van der Waals surface area contributed by atoms with Gasteiger partial charge in [-0.3, -0.25) is 4.79 Å². The van der Waals surface area contributed by atoms with Gasteiger partial charge in [-0.25, -0.2) is 4.98 Å². The predicted octanol–water partition coefficient (Wildman–Crippen LogP) is 3.68. The van der Waals surface area contributed by atoms with Crippen molar-refractivity contribution in [2.24, 2.45) is 23.2 Å². The molecular weight excluding hydrogens is 524 g/mol. The molecule has 5 aliphatic rings. The summed E-state index contributed by atoms with van der Waals surface area (Å²) in [6.07, 6.45) is 9.61. The number of nitriles is 1.